The van der Waals surface area contributed by atoms with Gasteiger partial charge in [0.1, 0.15) is 11.4 Å². The summed E-state index contributed by atoms with van der Waals surface area (Å²) in [7, 11) is 0. The summed E-state index contributed by atoms with van der Waals surface area (Å²) in [5.74, 6) is 0.652. The van der Waals surface area contributed by atoms with Gasteiger partial charge in [-0.25, -0.2) is 4.98 Å². The third-order valence-corrected chi connectivity index (χ3v) is 4.52. The van der Waals surface area contributed by atoms with Crippen LogP contribution >= 0.6 is 0 Å². The topological polar surface area (TPSA) is 125 Å². The minimum atomic E-state index is -1.20. The number of aromatic nitrogens is 2. The molecule has 0 saturated carbocycles. The summed E-state index contributed by atoms with van der Waals surface area (Å²) in [6.07, 6.45) is 0.374. The number of carbonyl (C=O) groups excluding carboxylic acids is 1. The van der Waals surface area contributed by atoms with Gasteiger partial charge < -0.3 is 26.2 Å². The van der Waals surface area contributed by atoms with Gasteiger partial charge in [-0.05, 0) is 32.4 Å². The molecule has 2 heterocycles. The number of anilines is 2. The molecule has 0 radical (unpaired) electrons. The summed E-state index contributed by atoms with van der Waals surface area (Å²) in [6.45, 7) is 4.22. The average Bonchev–Trinajstić information content (AvgIpc) is 3.03. The number of nitrogens with zero attached hydrogens (tertiary/aromatic N) is 3. The van der Waals surface area contributed by atoms with Crippen LogP contribution in [0.25, 0.3) is 11.3 Å². The molecule has 0 bridgehead atoms. The van der Waals surface area contributed by atoms with Crippen LogP contribution in [0, 0.1) is 0 Å². The highest BCUT2D eigenvalue weighted by atomic mass is 16.3. The molecule has 0 spiro atoms. The van der Waals surface area contributed by atoms with Crippen molar-refractivity contribution in [1.82, 2.24) is 14.9 Å². The Kier molecular flexibility index (Phi) is 5.29. The smallest absolute Gasteiger partial charge is 0.253 e. The van der Waals surface area contributed by atoms with Crippen LogP contribution in [-0.4, -0.2) is 62.3 Å². The first-order valence-electron chi connectivity index (χ1n) is 8.94. The van der Waals surface area contributed by atoms with Crippen LogP contribution in [0.5, 0.6) is 0 Å². The van der Waals surface area contributed by atoms with Crippen LogP contribution < -0.4 is 11.1 Å². The number of rotatable bonds is 5. The van der Waals surface area contributed by atoms with E-state index in [0.717, 1.165) is 5.56 Å². The predicted octanol–water partition coefficient (Wildman–Crippen LogP) is 1.12. The first kappa shape index (κ1) is 19.1. The van der Waals surface area contributed by atoms with Crippen molar-refractivity contribution in [2.75, 3.05) is 30.7 Å². The van der Waals surface area contributed by atoms with E-state index in [1.807, 2.05) is 32.0 Å². The maximum Gasteiger partial charge on any atom is 0.253 e. The molecular weight excluding hydrogens is 346 g/mol. The molecule has 1 aromatic carbocycles. The van der Waals surface area contributed by atoms with Gasteiger partial charge in [0, 0.05) is 29.8 Å². The Hall–Kier alpha value is -2.71. The largest absolute Gasteiger partial charge is 0.393 e. The zero-order valence-corrected chi connectivity index (χ0v) is 15.5. The summed E-state index contributed by atoms with van der Waals surface area (Å²) >= 11 is 0. The van der Waals surface area contributed by atoms with E-state index in [1.165, 1.54) is 0 Å². The summed E-state index contributed by atoms with van der Waals surface area (Å²) in [4.78, 5) is 22.6. The average molecular weight is 371 g/mol. The van der Waals surface area contributed by atoms with Gasteiger partial charge in [-0.3, -0.25) is 4.79 Å². The number of likely N-dealkylation sites (tertiary alicyclic amines) is 1. The van der Waals surface area contributed by atoms with E-state index in [-0.39, 0.29) is 31.0 Å². The van der Waals surface area contributed by atoms with Gasteiger partial charge in [-0.15, -0.1) is 0 Å². The van der Waals surface area contributed by atoms with E-state index in [4.69, 9.17) is 5.73 Å². The second-order valence-corrected chi connectivity index (χ2v) is 7.23. The molecule has 1 fully saturated rings. The molecular formula is C19H25N5O3. The molecule has 5 N–H and O–H groups in total. The second-order valence-electron chi connectivity index (χ2n) is 7.23. The number of hydrogen-bond donors (Lipinski definition) is 4. The summed E-state index contributed by atoms with van der Waals surface area (Å²) < 4.78 is 0. The molecule has 1 aromatic heterocycles. The number of β-amino-alcohol motifs (C(OH)–C–C–N with tert-alkyl or cyclic N) is 1. The number of aliphatic hydroxyl groups is 2. The maximum absolute atomic E-state index is 12.6. The molecule has 3 rings (SSSR count). The molecule has 8 nitrogen and oxygen atoms in total. The van der Waals surface area contributed by atoms with Crippen molar-refractivity contribution in [3.05, 3.63) is 35.9 Å². The first-order chi connectivity index (χ1) is 12.8. The van der Waals surface area contributed by atoms with Gasteiger partial charge in [0.05, 0.1) is 18.8 Å². The van der Waals surface area contributed by atoms with Crippen molar-refractivity contribution in [3.63, 3.8) is 0 Å². The third-order valence-electron chi connectivity index (χ3n) is 4.52. The highest BCUT2D eigenvalue weighted by molar-refractivity contribution is 5.95. The molecule has 27 heavy (non-hydrogen) atoms. The lowest BCUT2D eigenvalue weighted by molar-refractivity contribution is -0.00455. The summed E-state index contributed by atoms with van der Waals surface area (Å²) in [5.41, 5.74) is 6.61. The van der Waals surface area contributed by atoms with Gasteiger partial charge in [0.2, 0.25) is 5.95 Å². The van der Waals surface area contributed by atoms with Crippen LogP contribution in [-0.2, 0) is 0 Å². The Morgan fingerprint density at radius 3 is 2.63 bits per heavy atom. The van der Waals surface area contributed by atoms with Crippen molar-refractivity contribution in [2.24, 2.45) is 0 Å². The summed E-state index contributed by atoms with van der Waals surface area (Å²) in [5, 5.41) is 22.5. The van der Waals surface area contributed by atoms with Crippen LogP contribution in [0.1, 0.15) is 30.6 Å². The first-order valence-corrected chi connectivity index (χ1v) is 8.94. The van der Waals surface area contributed by atoms with Gasteiger partial charge in [-0.1, -0.05) is 12.1 Å². The number of nitrogens with two attached hydrogens (primary N) is 1. The Morgan fingerprint density at radius 2 is 2.04 bits per heavy atom. The number of nitrogens with one attached hydrogen (secondary N) is 1. The lowest BCUT2D eigenvalue weighted by Crippen LogP contribution is -2.38. The Balaban J connectivity index is 1.78. The van der Waals surface area contributed by atoms with Crippen molar-refractivity contribution >= 4 is 17.7 Å². The lowest BCUT2D eigenvalue weighted by atomic mass is 10.1. The Morgan fingerprint density at radius 1 is 1.33 bits per heavy atom. The van der Waals surface area contributed by atoms with Crippen LogP contribution in [0.2, 0.25) is 0 Å². The van der Waals surface area contributed by atoms with Gasteiger partial charge in [0.25, 0.3) is 5.91 Å². The lowest BCUT2D eigenvalue weighted by Gasteiger charge is -2.21. The SMILES string of the molecule is CC(C)Nc1cc(-c2ccc(C(=O)N3CC[C@](O)(CO)C3)cc2)nc(N)n1. The Labute approximate surface area is 158 Å². The number of amides is 1. The second kappa shape index (κ2) is 7.50. The molecule has 1 saturated heterocycles. The fourth-order valence-corrected chi connectivity index (χ4v) is 3.11. The number of benzene rings is 1. The van der Waals surface area contributed by atoms with Crippen molar-refractivity contribution in [1.29, 1.82) is 0 Å². The Bertz CT molecular complexity index is 825. The van der Waals surface area contributed by atoms with Crippen LogP contribution in [0.3, 0.4) is 0 Å². The summed E-state index contributed by atoms with van der Waals surface area (Å²) in [6, 6.07) is 9.09. The maximum atomic E-state index is 12.6. The molecule has 0 aliphatic carbocycles. The van der Waals surface area contributed by atoms with E-state index in [0.29, 0.717) is 30.0 Å². The van der Waals surface area contributed by atoms with Crippen molar-refractivity contribution in [3.8, 4) is 11.3 Å². The van der Waals surface area contributed by atoms with E-state index in [9.17, 15) is 15.0 Å². The van der Waals surface area contributed by atoms with E-state index in [1.54, 1.807) is 17.0 Å². The number of hydrogen-bond acceptors (Lipinski definition) is 7. The molecule has 1 aliphatic heterocycles. The molecule has 0 unspecified atom stereocenters. The monoisotopic (exact) mass is 371 g/mol. The minimum absolute atomic E-state index is 0.136. The van der Waals surface area contributed by atoms with E-state index in [2.05, 4.69) is 15.3 Å². The standard InChI is InChI=1S/C19H25N5O3/c1-12(2)21-16-9-15(22-18(20)23-16)13-3-5-14(6-4-13)17(26)24-8-7-19(27,10-24)11-25/h3-6,9,12,25,27H,7-8,10-11H2,1-2H3,(H3,20,21,22,23)/t19-/m1/s1. The van der Waals surface area contributed by atoms with Crippen LogP contribution in [0.4, 0.5) is 11.8 Å². The zero-order valence-electron chi connectivity index (χ0n) is 15.5. The molecule has 8 heteroatoms. The number of nitrogen functional groups attached to an aromatic ring is 1. The number of aliphatic hydroxyl groups excluding tert-OH is 1. The molecule has 144 valence electrons. The fourth-order valence-electron chi connectivity index (χ4n) is 3.11. The normalized spacial score (nSPS) is 19.5. The van der Waals surface area contributed by atoms with Gasteiger partial charge >= 0.3 is 0 Å². The number of carbonyl (C=O) groups is 1. The van der Waals surface area contributed by atoms with E-state index >= 15 is 0 Å². The van der Waals surface area contributed by atoms with Gasteiger partial charge in [-0.2, -0.15) is 4.98 Å². The van der Waals surface area contributed by atoms with E-state index < -0.39 is 5.60 Å². The molecule has 2 aromatic rings. The quantitative estimate of drug-likeness (QED) is 0.620. The van der Waals surface area contributed by atoms with Crippen molar-refractivity contribution < 1.29 is 15.0 Å². The molecule has 1 aliphatic rings. The highest BCUT2D eigenvalue weighted by Crippen LogP contribution is 2.25. The fraction of sp³-hybridized carbons (Fsp3) is 0.421. The zero-order chi connectivity index (χ0) is 19.6. The highest BCUT2D eigenvalue weighted by Gasteiger charge is 2.37. The van der Waals surface area contributed by atoms with Gasteiger partial charge in [0.15, 0.2) is 0 Å². The minimum Gasteiger partial charge on any atom is -0.393 e. The molecule has 1 amide bonds. The third kappa shape index (κ3) is 4.35. The molecule has 1 atom stereocenters. The van der Waals surface area contributed by atoms with Crippen molar-refractivity contribution in [2.45, 2.75) is 31.9 Å². The van der Waals surface area contributed by atoms with Crippen LogP contribution in [0.15, 0.2) is 30.3 Å². The predicted molar refractivity (Wildman–Crippen MR) is 103 cm³/mol.